The maximum absolute atomic E-state index is 13.1. The number of nitrogens with zero attached hydrogens (tertiary/aromatic N) is 2. The van der Waals surface area contributed by atoms with Crippen molar-refractivity contribution in [2.24, 2.45) is 0 Å². The summed E-state index contributed by atoms with van der Waals surface area (Å²) in [6.07, 6.45) is 1.78. The van der Waals surface area contributed by atoms with E-state index in [1.807, 2.05) is 18.4 Å². The molecule has 1 N–H and O–H groups in total. The monoisotopic (exact) mass is 357 g/mol. The fourth-order valence-corrected chi connectivity index (χ4v) is 3.51. The summed E-state index contributed by atoms with van der Waals surface area (Å²) in [5, 5.41) is 2.86. The summed E-state index contributed by atoms with van der Waals surface area (Å²) in [6, 6.07) is 5.77. The Bertz CT molecular complexity index is 805. The lowest BCUT2D eigenvalue weighted by atomic mass is 10.1. The van der Waals surface area contributed by atoms with Crippen molar-refractivity contribution in [1.82, 2.24) is 4.57 Å². The number of anilines is 2. The third-order valence-electron chi connectivity index (χ3n) is 4.68. The second-order valence-corrected chi connectivity index (χ2v) is 6.37. The van der Waals surface area contributed by atoms with Crippen LogP contribution in [0.4, 0.5) is 15.8 Å². The number of carbonyl (C=O) groups excluding carboxylic acids is 1. The predicted octanol–water partition coefficient (Wildman–Crippen LogP) is 3.52. The highest BCUT2D eigenvalue weighted by Gasteiger charge is 2.26. The van der Waals surface area contributed by atoms with Crippen molar-refractivity contribution >= 4 is 17.3 Å². The summed E-state index contributed by atoms with van der Waals surface area (Å²) in [7, 11) is 0. The zero-order valence-electron chi connectivity index (χ0n) is 15.2. The minimum Gasteiger partial charge on any atom is -0.378 e. The number of hydrogen-bond donors (Lipinski definition) is 1. The van der Waals surface area contributed by atoms with Crippen molar-refractivity contribution in [3.8, 4) is 0 Å². The van der Waals surface area contributed by atoms with Crippen LogP contribution in [0.2, 0.25) is 0 Å². The average Bonchev–Trinajstić information content (AvgIpc) is 2.88. The van der Waals surface area contributed by atoms with E-state index in [9.17, 15) is 9.18 Å². The number of nitrogens with one attached hydrogen (secondary N) is 1. The van der Waals surface area contributed by atoms with Crippen LogP contribution in [0.15, 0.2) is 36.9 Å². The second-order valence-electron chi connectivity index (χ2n) is 6.37. The number of morpholine rings is 1. The van der Waals surface area contributed by atoms with Gasteiger partial charge in [0.25, 0.3) is 5.91 Å². The molecule has 1 amide bonds. The fourth-order valence-electron chi connectivity index (χ4n) is 3.51. The number of rotatable bonds is 5. The molecular weight excluding hydrogens is 333 g/mol. The van der Waals surface area contributed by atoms with E-state index in [4.69, 9.17) is 4.74 Å². The number of allylic oxidation sites excluding steroid dienone is 1. The van der Waals surface area contributed by atoms with Gasteiger partial charge < -0.3 is 19.5 Å². The van der Waals surface area contributed by atoms with Crippen LogP contribution in [-0.2, 0) is 11.3 Å². The number of halogens is 1. The molecule has 1 fully saturated rings. The lowest BCUT2D eigenvalue weighted by Gasteiger charge is -2.29. The van der Waals surface area contributed by atoms with E-state index in [1.54, 1.807) is 18.2 Å². The number of carbonyl (C=O) groups is 1. The molecule has 5 nitrogen and oxygen atoms in total. The molecule has 0 radical (unpaired) electrons. The summed E-state index contributed by atoms with van der Waals surface area (Å²) in [5.41, 5.74) is 4.22. The zero-order chi connectivity index (χ0) is 18.7. The first-order valence-electron chi connectivity index (χ1n) is 8.73. The van der Waals surface area contributed by atoms with Gasteiger partial charge in [0, 0.05) is 36.6 Å². The van der Waals surface area contributed by atoms with E-state index in [-0.39, 0.29) is 11.7 Å². The molecule has 0 atom stereocenters. The Morgan fingerprint density at radius 2 is 1.92 bits per heavy atom. The highest BCUT2D eigenvalue weighted by atomic mass is 19.1. The molecule has 1 saturated heterocycles. The molecule has 0 aliphatic carbocycles. The zero-order valence-corrected chi connectivity index (χ0v) is 15.2. The summed E-state index contributed by atoms with van der Waals surface area (Å²) < 4.78 is 20.5. The normalized spacial score (nSPS) is 14.3. The second kappa shape index (κ2) is 7.74. The average molecular weight is 357 g/mol. The van der Waals surface area contributed by atoms with Crippen molar-refractivity contribution in [3.63, 3.8) is 0 Å². The molecule has 0 saturated carbocycles. The number of hydrogen-bond acceptors (Lipinski definition) is 3. The van der Waals surface area contributed by atoms with E-state index >= 15 is 0 Å². The van der Waals surface area contributed by atoms with Crippen molar-refractivity contribution in [2.45, 2.75) is 20.4 Å². The molecule has 2 aromatic rings. The molecule has 0 unspecified atom stereocenters. The number of benzene rings is 1. The Hall–Kier alpha value is -2.60. The van der Waals surface area contributed by atoms with Crippen LogP contribution in [0.3, 0.4) is 0 Å². The summed E-state index contributed by atoms with van der Waals surface area (Å²) in [6.45, 7) is 11.3. The third kappa shape index (κ3) is 3.51. The smallest absolute Gasteiger partial charge is 0.272 e. The van der Waals surface area contributed by atoms with Gasteiger partial charge in [-0.3, -0.25) is 4.79 Å². The van der Waals surface area contributed by atoms with Crippen LogP contribution < -0.4 is 10.2 Å². The van der Waals surface area contributed by atoms with E-state index in [2.05, 4.69) is 16.8 Å². The summed E-state index contributed by atoms with van der Waals surface area (Å²) in [4.78, 5) is 15.2. The third-order valence-corrected chi connectivity index (χ3v) is 4.68. The highest BCUT2D eigenvalue weighted by Crippen LogP contribution is 2.32. The van der Waals surface area contributed by atoms with Crippen LogP contribution in [0.25, 0.3) is 0 Å². The Kier molecular flexibility index (Phi) is 5.42. The fraction of sp³-hybridized carbons (Fsp3) is 0.350. The van der Waals surface area contributed by atoms with E-state index in [1.165, 1.54) is 12.1 Å². The van der Waals surface area contributed by atoms with E-state index in [0.29, 0.717) is 31.1 Å². The number of aromatic nitrogens is 1. The van der Waals surface area contributed by atoms with E-state index < -0.39 is 0 Å². The SMILES string of the molecule is C=CCn1c(C)c(N2CCOCC2)c(C)c1C(=O)Nc1ccc(F)cc1. The van der Waals surface area contributed by atoms with Gasteiger partial charge in [0.15, 0.2) is 0 Å². The van der Waals surface area contributed by atoms with Crippen molar-refractivity contribution in [2.75, 3.05) is 36.5 Å². The molecule has 138 valence electrons. The Balaban J connectivity index is 1.97. The van der Waals surface area contributed by atoms with Crippen LogP contribution >= 0.6 is 0 Å². The lowest BCUT2D eigenvalue weighted by molar-refractivity contribution is 0.101. The first-order chi connectivity index (χ1) is 12.5. The van der Waals surface area contributed by atoms with Gasteiger partial charge >= 0.3 is 0 Å². The van der Waals surface area contributed by atoms with Gasteiger partial charge in [0.2, 0.25) is 0 Å². The lowest BCUT2D eigenvalue weighted by Crippen LogP contribution is -2.36. The van der Waals surface area contributed by atoms with Crippen molar-refractivity contribution < 1.29 is 13.9 Å². The van der Waals surface area contributed by atoms with E-state index in [0.717, 1.165) is 30.0 Å². The first-order valence-corrected chi connectivity index (χ1v) is 8.73. The molecular formula is C20H24FN3O2. The predicted molar refractivity (Wildman–Crippen MR) is 101 cm³/mol. The quantitative estimate of drug-likeness (QED) is 0.833. The topological polar surface area (TPSA) is 46.5 Å². The minimum atomic E-state index is -0.334. The van der Waals surface area contributed by atoms with Gasteiger partial charge in [-0.05, 0) is 38.1 Å². The van der Waals surface area contributed by atoms with Crippen LogP contribution in [0.1, 0.15) is 21.7 Å². The Morgan fingerprint density at radius 3 is 2.54 bits per heavy atom. The molecule has 2 heterocycles. The van der Waals surface area contributed by atoms with Gasteiger partial charge in [-0.1, -0.05) is 6.08 Å². The molecule has 0 bridgehead atoms. The van der Waals surface area contributed by atoms with Gasteiger partial charge in [0.05, 0.1) is 18.9 Å². The number of amides is 1. The minimum absolute atomic E-state index is 0.210. The first kappa shape index (κ1) is 18.2. The van der Waals surface area contributed by atoms with Crippen molar-refractivity contribution in [3.05, 3.63) is 59.7 Å². The highest BCUT2D eigenvalue weighted by molar-refractivity contribution is 6.05. The van der Waals surface area contributed by atoms with Gasteiger partial charge in [-0.2, -0.15) is 0 Å². The Labute approximate surface area is 153 Å². The largest absolute Gasteiger partial charge is 0.378 e. The Morgan fingerprint density at radius 1 is 1.27 bits per heavy atom. The van der Waals surface area contributed by atoms with Crippen LogP contribution in [0, 0.1) is 19.7 Å². The van der Waals surface area contributed by atoms with Gasteiger partial charge in [-0.25, -0.2) is 4.39 Å². The van der Waals surface area contributed by atoms with Crippen molar-refractivity contribution in [1.29, 1.82) is 0 Å². The molecule has 1 aliphatic rings. The molecule has 1 aliphatic heterocycles. The standard InChI is InChI=1S/C20H24FN3O2/c1-4-9-24-15(3)18(23-10-12-26-13-11-23)14(2)19(24)20(25)22-17-7-5-16(21)6-8-17/h4-8H,1,9-13H2,2-3H3,(H,22,25). The van der Waals surface area contributed by atoms with Gasteiger partial charge in [-0.15, -0.1) is 6.58 Å². The molecule has 1 aromatic carbocycles. The summed E-state index contributed by atoms with van der Waals surface area (Å²) >= 11 is 0. The van der Waals surface area contributed by atoms with Gasteiger partial charge in [0.1, 0.15) is 11.5 Å². The molecule has 3 rings (SSSR count). The van der Waals surface area contributed by atoms with Crippen LogP contribution in [0.5, 0.6) is 0 Å². The molecule has 6 heteroatoms. The molecule has 1 aromatic heterocycles. The maximum atomic E-state index is 13.1. The maximum Gasteiger partial charge on any atom is 0.272 e. The van der Waals surface area contributed by atoms with Crippen LogP contribution in [-0.4, -0.2) is 36.8 Å². The molecule has 26 heavy (non-hydrogen) atoms. The number of ether oxygens (including phenoxy) is 1. The molecule has 0 spiro atoms. The summed E-state index contributed by atoms with van der Waals surface area (Å²) in [5.74, 6) is -0.543.